The number of carbonyl (C=O) groups is 1. The molecule has 10 heteroatoms. The molecule has 0 radical (unpaired) electrons. The number of esters is 1. The van der Waals surface area contributed by atoms with Crippen molar-refractivity contribution in [2.75, 3.05) is 20.3 Å². The normalized spacial score (nSPS) is 14.3. The summed E-state index contributed by atoms with van der Waals surface area (Å²) in [6, 6.07) is 8.94. The van der Waals surface area contributed by atoms with E-state index in [0.29, 0.717) is 38.3 Å². The molecule has 1 saturated carbocycles. The second-order valence-electron chi connectivity index (χ2n) is 8.45. The third-order valence-corrected chi connectivity index (χ3v) is 7.23. The Kier molecular flexibility index (Phi) is 8.79. The molecule has 0 unspecified atom stereocenters. The minimum Gasteiger partial charge on any atom is -0.493 e. The molecule has 0 aliphatic heterocycles. The molecule has 1 heterocycles. The summed E-state index contributed by atoms with van der Waals surface area (Å²) in [5, 5.41) is 5.10. The maximum absolute atomic E-state index is 13.5. The van der Waals surface area contributed by atoms with Gasteiger partial charge in [0, 0.05) is 20.4 Å². The summed E-state index contributed by atoms with van der Waals surface area (Å²) >= 11 is 6.98. The molecule has 0 atom stereocenters. The molecular formula is C26H27Br2N3O5. The number of methoxy groups -OCH3 is 1. The Labute approximate surface area is 225 Å². The van der Waals surface area contributed by atoms with Gasteiger partial charge >= 0.3 is 5.97 Å². The molecule has 8 nitrogen and oxygen atoms in total. The topological polar surface area (TPSA) is 92.0 Å². The van der Waals surface area contributed by atoms with Crippen LogP contribution in [0.4, 0.5) is 0 Å². The monoisotopic (exact) mass is 619 g/mol. The first kappa shape index (κ1) is 26.3. The average molecular weight is 621 g/mol. The predicted octanol–water partition coefficient (Wildman–Crippen LogP) is 5.80. The molecule has 0 spiro atoms. The summed E-state index contributed by atoms with van der Waals surface area (Å²) in [6.07, 6.45) is 6.97. The van der Waals surface area contributed by atoms with Crippen LogP contribution in [-0.2, 0) is 9.53 Å². The number of hydrogen-bond acceptors (Lipinski definition) is 7. The van der Waals surface area contributed by atoms with Crippen LogP contribution in [0.3, 0.4) is 0 Å². The van der Waals surface area contributed by atoms with Gasteiger partial charge in [-0.15, -0.1) is 0 Å². The van der Waals surface area contributed by atoms with E-state index in [4.69, 9.17) is 19.2 Å². The first-order valence-electron chi connectivity index (χ1n) is 11.8. The molecule has 2 aromatic carbocycles. The highest BCUT2D eigenvalue weighted by atomic mass is 79.9. The van der Waals surface area contributed by atoms with Gasteiger partial charge in [-0.25, -0.2) is 9.78 Å². The summed E-state index contributed by atoms with van der Waals surface area (Å²) in [6.45, 7) is 1.78. The van der Waals surface area contributed by atoms with Crippen molar-refractivity contribution in [2.45, 2.75) is 44.9 Å². The van der Waals surface area contributed by atoms with Crippen LogP contribution in [0.1, 0.15) is 56.3 Å². The largest absolute Gasteiger partial charge is 0.493 e. The maximum atomic E-state index is 13.5. The predicted molar refractivity (Wildman–Crippen MR) is 145 cm³/mol. The summed E-state index contributed by atoms with van der Waals surface area (Å²) < 4.78 is 18.8. The number of ether oxygens (including phenoxy) is 3. The Morgan fingerprint density at radius 1 is 1.17 bits per heavy atom. The van der Waals surface area contributed by atoms with Gasteiger partial charge in [-0.3, -0.25) is 4.79 Å². The number of aromatic nitrogens is 2. The molecule has 0 bridgehead atoms. The van der Waals surface area contributed by atoms with E-state index in [2.05, 4.69) is 37.0 Å². The number of fused-ring (bicyclic) bond motifs is 1. The van der Waals surface area contributed by atoms with Crippen LogP contribution in [0.2, 0.25) is 0 Å². The van der Waals surface area contributed by atoms with Crippen LogP contribution < -0.4 is 15.0 Å². The Bertz CT molecular complexity index is 1350. The van der Waals surface area contributed by atoms with Gasteiger partial charge in [0.1, 0.15) is 5.82 Å². The third kappa shape index (κ3) is 5.98. The average Bonchev–Trinajstić information content (AvgIpc) is 2.88. The van der Waals surface area contributed by atoms with E-state index in [1.807, 2.05) is 12.1 Å². The fraction of sp³-hybridized carbons (Fsp3) is 0.385. The minimum atomic E-state index is -0.466. The maximum Gasteiger partial charge on any atom is 0.344 e. The molecule has 36 heavy (non-hydrogen) atoms. The Balaban J connectivity index is 1.72. The second-order valence-corrected chi connectivity index (χ2v) is 10.2. The summed E-state index contributed by atoms with van der Waals surface area (Å²) in [5.41, 5.74) is 1.13. The molecular weight excluding hydrogens is 594 g/mol. The van der Waals surface area contributed by atoms with Gasteiger partial charge in [-0.2, -0.15) is 9.78 Å². The lowest BCUT2D eigenvalue weighted by Crippen LogP contribution is -2.25. The number of benzene rings is 2. The van der Waals surface area contributed by atoms with Crippen molar-refractivity contribution in [3.05, 3.63) is 61.0 Å². The zero-order valence-electron chi connectivity index (χ0n) is 20.1. The Morgan fingerprint density at radius 3 is 2.67 bits per heavy atom. The summed E-state index contributed by atoms with van der Waals surface area (Å²) in [5.74, 6) is 1.19. The number of nitrogens with zero attached hydrogens (tertiary/aromatic N) is 3. The molecule has 1 aliphatic rings. The van der Waals surface area contributed by atoms with Crippen molar-refractivity contribution in [1.29, 1.82) is 0 Å². The van der Waals surface area contributed by atoms with Crippen molar-refractivity contribution in [3.63, 3.8) is 0 Å². The third-order valence-electron chi connectivity index (χ3n) is 6.05. The number of rotatable bonds is 8. The summed E-state index contributed by atoms with van der Waals surface area (Å²) in [7, 11) is 1.51. The van der Waals surface area contributed by atoms with E-state index in [0.717, 1.165) is 30.2 Å². The van der Waals surface area contributed by atoms with Crippen molar-refractivity contribution in [1.82, 2.24) is 9.66 Å². The zero-order chi connectivity index (χ0) is 25.7. The molecule has 0 N–H and O–H groups in total. The van der Waals surface area contributed by atoms with Gasteiger partial charge in [0.15, 0.2) is 18.1 Å². The summed E-state index contributed by atoms with van der Waals surface area (Å²) in [4.78, 5) is 30.1. The molecule has 190 valence electrons. The van der Waals surface area contributed by atoms with Gasteiger partial charge in [0.2, 0.25) is 0 Å². The van der Waals surface area contributed by atoms with E-state index < -0.39 is 5.97 Å². The zero-order valence-corrected chi connectivity index (χ0v) is 23.3. The van der Waals surface area contributed by atoms with Crippen LogP contribution in [0.5, 0.6) is 11.5 Å². The highest BCUT2D eigenvalue weighted by molar-refractivity contribution is 9.10. The Morgan fingerprint density at radius 2 is 1.94 bits per heavy atom. The van der Waals surface area contributed by atoms with Crippen molar-refractivity contribution >= 4 is 54.9 Å². The molecule has 4 rings (SSSR count). The van der Waals surface area contributed by atoms with Crippen molar-refractivity contribution in [2.24, 2.45) is 5.10 Å². The molecule has 1 aromatic heterocycles. The molecule has 1 fully saturated rings. The number of hydrogen-bond donors (Lipinski definition) is 0. The van der Waals surface area contributed by atoms with Crippen LogP contribution in [0, 0.1) is 0 Å². The van der Waals surface area contributed by atoms with Crippen LogP contribution in [-0.4, -0.2) is 42.2 Å². The quantitative estimate of drug-likeness (QED) is 0.233. The molecule has 0 amide bonds. The van der Waals surface area contributed by atoms with Crippen molar-refractivity contribution in [3.8, 4) is 11.5 Å². The van der Waals surface area contributed by atoms with Gasteiger partial charge in [0.05, 0.1) is 30.8 Å². The highest BCUT2D eigenvalue weighted by Gasteiger charge is 2.22. The molecule has 1 aliphatic carbocycles. The SMILES string of the molecule is CCOC(=O)COc1cc(Br)c(C=Nn2c(C3CCCCC3)nc3ccc(Br)cc3c2=O)cc1OC. The lowest BCUT2D eigenvalue weighted by Gasteiger charge is -2.22. The second kappa shape index (κ2) is 12.0. The minimum absolute atomic E-state index is 0.174. The van der Waals surface area contributed by atoms with Gasteiger partial charge < -0.3 is 14.2 Å². The number of halogens is 2. The van der Waals surface area contributed by atoms with E-state index in [1.54, 1.807) is 31.3 Å². The van der Waals surface area contributed by atoms with Crippen LogP contribution >= 0.6 is 31.9 Å². The van der Waals surface area contributed by atoms with Crippen LogP contribution in [0.15, 0.2) is 49.2 Å². The fourth-order valence-electron chi connectivity index (χ4n) is 4.28. The highest BCUT2D eigenvalue weighted by Crippen LogP contribution is 2.34. The smallest absolute Gasteiger partial charge is 0.344 e. The fourth-order valence-corrected chi connectivity index (χ4v) is 5.07. The van der Waals surface area contributed by atoms with Gasteiger partial charge in [0.25, 0.3) is 5.56 Å². The first-order chi connectivity index (χ1) is 17.4. The molecule has 3 aromatic rings. The van der Waals surface area contributed by atoms with Crippen LogP contribution in [0.25, 0.3) is 10.9 Å². The lowest BCUT2D eigenvalue weighted by atomic mass is 9.88. The Hall–Kier alpha value is -2.72. The van der Waals surface area contributed by atoms with E-state index in [9.17, 15) is 9.59 Å². The van der Waals surface area contributed by atoms with E-state index in [1.165, 1.54) is 18.2 Å². The van der Waals surface area contributed by atoms with E-state index in [-0.39, 0.29) is 24.7 Å². The van der Waals surface area contributed by atoms with E-state index >= 15 is 0 Å². The van der Waals surface area contributed by atoms with Crippen molar-refractivity contribution < 1.29 is 19.0 Å². The standard InChI is InChI=1S/C26H27Br2N3O5/c1-3-35-24(32)15-36-23-13-20(28)17(11-22(23)34-2)14-29-31-25(16-7-5-4-6-8-16)30-21-10-9-18(27)12-19(21)26(31)33/h9-14,16H,3-8,15H2,1-2H3. The van der Waals surface area contributed by atoms with Gasteiger partial charge in [-0.1, -0.05) is 35.2 Å². The first-order valence-corrected chi connectivity index (χ1v) is 13.4. The van der Waals surface area contributed by atoms with Gasteiger partial charge in [-0.05, 0) is 66.0 Å². The lowest BCUT2D eigenvalue weighted by molar-refractivity contribution is -0.145. The number of carbonyl (C=O) groups excluding carboxylic acids is 1. The molecule has 0 saturated heterocycles.